The van der Waals surface area contributed by atoms with Crippen LogP contribution in [0.15, 0.2) is 42.7 Å². The van der Waals surface area contributed by atoms with Crippen LogP contribution in [0.3, 0.4) is 0 Å². The molecule has 1 heterocycles. The van der Waals surface area contributed by atoms with Crippen LogP contribution in [-0.4, -0.2) is 17.5 Å². The molecule has 29 heavy (non-hydrogen) atoms. The molecule has 1 aromatic carbocycles. The maximum atomic E-state index is 9.66. The number of pyridine rings is 1. The molecule has 3 nitrogen and oxygen atoms in total. The number of alkyl halides is 1. The number of hydrogen-bond donors (Lipinski definition) is 1. The summed E-state index contributed by atoms with van der Waals surface area (Å²) in [4.78, 5) is 0. The van der Waals surface area contributed by atoms with E-state index in [2.05, 4.69) is 51.1 Å². The second-order valence-corrected chi connectivity index (χ2v) is 7.94. The SMILES string of the molecule is COc1cc(/C=C/c2cc[n+](CCCCCCCCCCBr)cc2)ccc1O.[Br-]. The molecule has 2 rings (SSSR count). The van der Waals surface area contributed by atoms with E-state index in [0.717, 1.165) is 23.0 Å². The highest BCUT2D eigenvalue weighted by Crippen LogP contribution is 2.27. The lowest BCUT2D eigenvalue weighted by Crippen LogP contribution is -3.00. The zero-order valence-electron chi connectivity index (χ0n) is 17.3. The molecule has 1 N–H and O–H groups in total. The van der Waals surface area contributed by atoms with Crippen LogP contribution in [0, 0.1) is 0 Å². The number of aryl methyl sites for hydroxylation is 1. The van der Waals surface area contributed by atoms with Crippen LogP contribution < -0.4 is 26.3 Å². The number of aromatic nitrogens is 1. The minimum absolute atomic E-state index is 0. The van der Waals surface area contributed by atoms with Crippen molar-refractivity contribution >= 4 is 28.1 Å². The summed E-state index contributed by atoms with van der Waals surface area (Å²) in [7, 11) is 1.56. The first-order valence-corrected chi connectivity index (χ1v) is 11.5. The summed E-state index contributed by atoms with van der Waals surface area (Å²) in [5.74, 6) is 0.655. The number of nitrogens with zero attached hydrogens (tertiary/aromatic N) is 1. The van der Waals surface area contributed by atoms with Gasteiger partial charge in [-0.25, -0.2) is 4.57 Å². The molecule has 0 aliphatic heterocycles. The molecular formula is C24H33Br2NO2. The van der Waals surface area contributed by atoms with E-state index in [0.29, 0.717) is 5.75 Å². The molecule has 2 aromatic rings. The lowest BCUT2D eigenvalue weighted by Gasteiger charge is -2.03. The Morgan fingerprint density at radius 1 is 0.862 bits per heavy atom. The molecule has 5 heteroatoms. The summed E-state index contributed by atoms with van der Waals surface area (Å²) in [5, 5.41) is 10.8. The lowest BCUT2D eigenvalue weighted by molar-refractivity contribution is -0.697. The molecule has 160 valence electrons. The Morgan fingerprint density at radius 3 is 2.07 bits per heavy atom. The summed E-state index contributed by atoms with van der Waals surface area (Å²) in [6.45, 7) is 1.09. The van der Waals surface area contributed by atoms with E-state index < -0.39 is 0 Å². The monoisotopic (exact) mass is 525 g/mol. The van der Waals surface area contributed by atoms with Gasteiger partial charge >= 0.3 is 0 Å². The van der Waals surface area contributed by atoms with Gasteiger partial charge in [-0.1, -0.05) is 66.3 Å². The van der Waals surface area contributed by atoms with Gasteiger partial charge < -0.3 is 26.8 Å². The second-order valence-electron chi connectivity index (χ2n) is 7.15. The molecule has 0 atom stereocenters. The van der Waals surface area contributed by atoms with Crippen LogP contribution in [0.25, 0.3) is 12.2 Å². The highest BCUT2D eigenvalue weighted by atomic mass is 79.9. The van der Waals surface area contributed by atoms with Crippen molar-refractivity contribution in [3.05, 3.63) is 53.9 Å². The third-order valence-corrected chi connectivity index (χ3v) is 5.45. The highest BCUT2D eigenvalue weighted by Gasteiger charge is 2.02. The number of phenolic OH excluding ortho intramolecular Hbond substituents is 1. The number of aromatic hydroxyl groups is 1. The van der Waals surface area contributed by atoms with Crippen molar-refractivity contribution in [3.8, 4) is 11.5 Å². The van der Waals surface area contributed by atoms with Crippen molar-refractivity contribution in [1.29, 1.82) is 0 Å². The van der Waals surface area contributed by atoms with Gasteiger partial charge in [0.25, 0.3) is 0 Å². The largest absolute Gasteiger partial charge is 1.00 e. The fourth-order valence-electron chi connectivity index (χ4n) is 3.17. The number of hydrogen-bond acceptors (Lipinski definition) is 2. The molecule has 1 aromatic heterocycles. The summed E-state index contributed by atoms with van der Waals surface area (Å²) in [5.41, 5.74) is 2.16. The molecule has 0 bridgehead atoms. The first-order valence-electron chi connectivity index (χ1n) is 10.3. The van der Waals surface area contributed by atoms with Gasteiger partial charge in [-0.05, 0) is 36.1 Å². The molecule has 0 saturated heterocycles. The maximum Gasteiger partial charge on any atom is 0.169 e. The minimum Gasteiger partial charge on any atom is -1.00 e. The normalized spacial score (nSPS) is 10.8. The molecule has 0 aliphatic rings. The van der Waals surface area contributed by atoms with Gasteiger partial charge in [-0.3, -0.25) is 0 Å². The van der Waals surface area contributed by atoms with Gasteiger partial charge in [0.05, 0.1) is 7.11 Å². The zero-order chi connectivity index (χ0) is 20.0. The molecular weight excluding hydrogens is 494 g/mol. The van der Waals surface area contributed by atoms with Gasteiger partial charge in [-0.2, -0.15) is 0 Å². The predicted molar refractivity (Wildman–Crippen MR) is 121 cm³/mol. The van der Waals surface area contributed by atoms with E-state index in [1.807, 2.05) is 18.2 Å². The Labute approximate surface area is 194 Å². The number of halogens is 2. The maximum absolute atomic E-state index is 9.66. The molecule has 0 fully saturated rings. The van der Waals surface area contributed by atoms with Crippen LogP contribution in [0.2, 0.25) is 0 Å². The Morgan fingerprint density at radius 2 is 1.45 bits per heavy atom. The van der Waals surface area contributed by atoms with Gasteiger partial charge in [-0.15, -0.1) is 0 Å². The van der Waals surface area contributed by atoms with E-state index in [1.54, 1.807) is 13.2 Å². The van der Waals surface area contributed by atoms with Crippen molar-refractivity contribution < 1.29 is 31.4 Å². The Balaban J connectivity index is 0.00000420. The molecule has 0 unspecified atom stereocenters. The number of methoxy groups -OCH3 is 1. The zero-order valence-corrected chi connectivity index (χ0v) is 20.5. The Hall–Kier alpha value is -1.33. The Bertz CT molecular complexity index is 717. The van der Waals surface area contributed by atoms with Crippen LogP contribution in [-0.2, 0) is 6.54 Å². The van der Waals surface area contributed by atoms with Crippen LogP contribution in [0.1, 0.15) is 62.5 Å². The number of phenols is 1. The summed E-state index contributed by atoms with van der Waals surface area (Å²) >= 11 is 3.49. The fourth-order valence-corrected chi connectivity index (χ4v) is 3.57. The Kier molecular flexibility index (Phi) is 13.7. The van der Waals surface area contributed by atoms with Crippen molar-refractivity contribution in [2.45, 2.75) is 57.9 Å². The number of unbranched alkanes of at least 4 members (excludes halogenated alkanes) is 7. The molecule has 0 saturated carbocycles. The van der Waals surface area contributed by atoms with Gasteiger partial charge in [0, 0.05) is 23.9 Å². The topological polar surface area (TPSA) is 33.3 Å². The van der Waals surface area contributed by atoms with Crippen molar-refractivity contribution in [2.75, 3.05) is 12.4 Å². The van der Waals surface area contributed by atoms with Crippen molar-refractivity contribution in [3.63, 3.8) is 0 Å². The third-order valence-electron chi connectivity index (χ3n) is 4.89. The first kappa shape index (κ1) is 25.7. The van der Waals surface area contributed by atoms with E-state index in [9.17, 15) is 5.11 Å². The number of benzene rings is 1. The summed E-state index contributed by atoms with van der Waals surface area (Å²) < 4.78 is 7.41. The van der Waals surface area contributed by atoms with Crippen molar-refractivity contribution in [1.82, 2.24) is 0 Å². The molecule has 0 spiro atoms. The highest BCUT2D eigenvalue weighted by molar-refractivity contribution is 9.09. The first-order chi connectivity index (χ1) is 13.7. The average Bonchev–Trinajstić information content (AvgIpc) is 2.73. The molecule has 0 radical (unpaired) electrons. The van der Waals surface area contributed by atoms with Gasteiger partial charge in [0.1, 0.15) is 6.54 Å². The minimum atomic E-state index is 0. The van der Waals surface area contributed by atoms with Crippen molar-refractivity contribution in [2.24, 2.45) is 0 Å². The van der Waals surface area contributed by atoms with Crippen LogP contribution in [0.4, 0.5) is 0 Å². The molecule has 0 amide bonds. The number of ether oxygens (including phenoxy) is 1. The van der Waals surface area contributed by atoms with E-state index in [4.69, 9.17) is 4.74 Å². The fraction of sp³-hybridized carbons (Fsp3) is 0.458. The summed E-state index contributed by atoms with van der Waals surface area (Å²) in [6.07, 6.45) is 19.1. The van der Waals surface area contributed by atoms with Gasteiger partial charge in [0.15, 0.2) is 23.9 Å². The second kappa shape index (κ2) is 15.5. The van der Waals surface area contributed by atoms with Crippen LogP contribution >= 0.6 is 15.9 Å². The quantitative estimate of drug-likeness (QED) is 0.246. The van der Waals surface area contributed by atoms with E-state index in [-0.39, 0.29) is 22.7 Å². The standard InChI is InChI=1S/C24H32BrNO2.BrH/c1-28-24-20-22(12-13-23(24)27)11-10-21-14-18-26(19-15-21)17-9-7-5-3-2-4-6-8-16-25;/h10-15,18-20H,2-9,16-17H2,1H3;1H. The third kappa shape index (κ3) is 10.3. The lowest BCUT2D eigenvalue weighted by atomic mass is 10.1. The van der Waals surface area contributed by atoms with E-state index >= 15 is 0 Å². The number of rotatable bonds is 13. The molecule has 0 aliphatic carbocycles. The van der Waals surface area contributed by atoms with E-state index in [1.165, 1.54) is 51.4 Å². The van der Waals surface area contributed by atoms with Gasteiger partial charge in [0.2, 0.25) is 0 Å². The predicted octanol–water partition coefficient (Wildman–Crippen LogP) is 3.38. The average molecular weight is 527 g/mol. The summed E-state index contributed by atoms with van der Waals surface area (Å²) in [6, 6.07) is 9.63. The van der Waals surface area contributed by atoms with Crippen LogP contribution in [0.5, 0.6) is 11.5 Å². The smallest absolute Gasteiger partial charge is 0.169 e.